The predicted molar refractivity (Wildman–Crippen MR) is 52.5 cm³/mol. The van der Waals surface area contributed by atoms with Gasteiger partial charge in [-0.1, -0.05) is 0 Å². The second-order valence-corrected chi connectivity index (χ2v) is 3.08. The quantitative estimate of drug-likeness (QED) is 0.568. The number of aliphatic hydroxyl groups excluding tert-OH is 1. The summed E-state index contributed by atoms with van der Waals surface area (Å²) < 4.78 is 4.75. The molecule has 0 aliphatic heterocycles. The van der Waals surface area contributed by atoms with Crippen LogP contribution in [0.3, 0.4) is 0 Å². The van der Waals surface area contributed by atoms with E-state index >= 15 is 0 Å². The van der Waals surface area contributed by atoms with Crippen molar-refractivity contribution in [2.45, 2.75) is 12.5 Å². The van der Waals surface area contributed by atoms with E-state index in [0.717, 1.165) is 0 Å². The lowest BCUT2D eigenvalue weighted by Crippen LogP contribution is -2.17. The summed E-state index contributed by atoms with van der Waals surface area (Å²) in [6, 6.07) is 2.89. The van der Waals surface area contributed by atoms with Gasteiger partial charge in [0.05, 0.1) is 17.6 Å². The summed E-state index contributed by atoms with van der Waals surface area (Å²) in [6.07, 6.45) is 0.865. The molecule has 1 aromatic heterocycles. The molecule has 0 aliphatic carbocycles. The van der Waals surface area contributed by atoms with E-state index in [2.05, 4.69) is 4.98 Å². The van der Waals surface area contributed by atoms with Crippen molar-refractivity contribution in [1.82, 2.24) is 4.98 Å². The fraction of sp³-hybridized carbons (Fsp3) is 0.444. The van der Waals surface area contributed by atoms with Crippen LogP contribution in [0.4, 0.5) is 5.69 Å². The smallest absolute Gasteiger partial charge is 0.287 e. The number of nitrogens with zero attached hydrogens (tertiary/aromatic N) is 2. The molecule has 6 heteroatoms. The van der Waals surface area contributed by atoms with Gasteiger partial charge in [-0.3, -0.25) is 15.1 Å². The summed E-state index contributed by atoms with van der Waals surface area (Å²) >= 11 is 0. The summed E-state index contributed by atoms with van der Waals surface area (Å²) in [5, 5.41) is 19.7. The Hall–Kier alpha value is -1.53. The van der Waals surface area contributed by atoms with Gasteiger partial charge >= 0.3 is 0 Å². The van der Waals surface area contributed by atoms with Gasteiger partial charge in [0.2, 0.25) is 0 Å². The molecule has 0 saturated heterocycles. The average Bonchev–Trinajstić information content (AvgIpc) is 2.18. The molecule has 0 saturated carbocycles. The molecule has 6 nitrogen and oxygen atoms in total. The van der Waals surface area contributed by atoms with E-state index in [1.807, 2.05) is 0 Å². The second-order valence-electron chi connectivity index (χ2n) is 3.08. The number of rotatable bonds is 5. The van der Waals surface area contributed by atoms with Crippen molar-refractivity contribution in [2.24, 2.45) is 0 Å². The van der Waals surface area contributed by atoms with Crippen molar-refractivity contribution in [3.05, 3.63) is 34.1 Å². The highest BCUT2D eigenvalue weighted by molar-refractivity contribution is 5.26. The Bertz CT molecular complexity index is 325. The number of hydrogen-bond donors (Lipinski definition) is 1. The van der Waals surface area contributed by atoms with Crippen LogP contribution < -0.4 is 0 Å². The lowest BCUT2D eigenvalue weighted by Gasteiger charge is -2.07. The molecule has 1 rings (SSSR count). The van der Waals surface area contributed by atoms with E-state index in [9.17, 15) is 15.2 Å². The third kappa shape index (κ3) is 3.61. The Labute approximate surface area is 86.7 Å². The molecule has 1 atom stereocenters. The fourth-order valence-electron chi connectivity index (χ4n) is 1.14. The molecule has 0 aromatic carbocycles. The molecule has 82 valence electrons. The summed E-state index contributed by atoms with van der Waals surface area (Å²) in [6.45, 7) is 0.221. The second kappa shape index (κ2) is 5.38. The van der Waals surface area contributed by atoms with Crippen LogP contribution in [0.25, 0.3) is 0 Å². The van der Waals surface area contributed by atoms with Crippen molar-refractivity contribution < 1.29 is 14.8 Å². The summed E-state index contributed by atoms with van der Waals surface area (Å²) in [7, 11) is 1.49. The van der Waals surface area contributed by atoms with E-state index in [0.29, 0.717) is 12.1 Å². The Balaban J connectivity index is 2.60. The van der Waals surface area contributed by atoms with Gasteiger partial charge in [0, 0.05) is 25.3 Å². The molecule has 0 aliphatic rings. The highest BCUT2D eigenvalue weighted by atomic mass is 16.6. The number of methoxy groups -OCH3 is 1. The first-order chi connectivity index (χ1) is 7.13. The Morgan fingerprint density at radius 3 is 2.87 bits per heavy atom. The van der Waals surface area contributed by atoms with Crippen LogP contribution in [0.5, 0.6) is 0 Å². The van der Waals surface area contributed by atoms with E-state index < -0.39 is 11.0 Å². The third-order valence-electron chi connectivity index (χ3n) is 1.82. The number of pyridine rings is 1. The average molecular weight is 212 g/mol. The van der Waals surface area contributed by atoms with Gasteiger partial charge in [-0.2, -0.15) is 0 Å². The highest BCUT2D eigenvalue weighted by Gasteiger charge is 2.09. The maximum absolute atomic E-state index is 10.3. The number of aliphatic hydroxyl groups is 1. The molecule has 0 bridgehead atoms. The first-order valence-electron chi connectivity index (χ1n) is 4.40. The van der Waals surface area contributed by atoms with Crippen molar-refractivity contribution in [1.29, 1.82) is 0 Å². The lowest BCUT2D eigenvalue weighted by atomic mass is 10.2. The van der Waals surface area contributed by atoms with Gasteiger partial charge in [-0.25, -0.2) is 0 Å². The van der Waals surface area contributed by atoms with Crippen molar-refractivity contribution in [3.63, 3.8) is 0 Å². The Morgan fingerprint density at radius 2 is 2.40 bits per heavy atom. The van der Waals surface area contributed by atoms with E-state index in [-0.39, 0.29) is 12.3 Å². The molecular weight excluding hydrogens is 200 g/mol. The highest BCUT2D eigenvalue weighted by Crippen LogP contribution is 2.09. The fourth-order valence-corrected chi connectivity index (χ4v) is 1.14. The van der Waals surface area contributed by atoms with Crippen LogP contribution in [0, 0.1) is 10.1 Å². The van der Waals surface area contributed by atoms with Gasteiger partial charge in [0.15, 0.2) is 0 Å². The molecular formula is C9H12N2O4. The van der Waals surface area contributed by atoms with E-state index in [1.54, 1.807) is 0 Å². The molecule has 15 heavy (non-hydrogen) atoms. The molecule has 1 N–H and O–H groups in total. The molecule has 1 unspecified atom stereocenters. The van der Waals surface area contributed by atoms with Gasteiger partial charge in [-0.05, 0) is 6.07 Å². The SMILES string of the molecule is COCC(O)Cc1ccc([N+](=O)[O-])cn1. The topological polar surface area (TPSA) is 85.5 Å². The molecule has 1 heterocycles. The molecule has 0 fully saturated rings. The summed E-state index contributed by atoms with van der Waals surface area (Å²) in [5.74, 6) is 0. The number of ether oxygens (including phenoxy) is 1. The van der Waals surface area contributed by atoms with Crippen molar-refractivity contribution in [2.75, 3.05) is 13.7 Å². The van der Waals surface area contributed by atoms with Crippen LogP contribution >= 0.6 is 0 Å². The zero-order chi connectivity index (χ0) is 11.3. The minimum absolute atomic E-state index is 0.0556. The minimum atomic E-state index is -0.635. The number of nitro groups is 1. The lowest BCUT2D eigenvalue weighted by molar-refractivity contribution is -0.385. The summed E-state index contributed by atoms with van der Waals surface area (Å²) in [5.41, 5.74) is 0.546. The predicted octanol–water partition coefficient (Wildman–Crippen LogP) is 0.540. The first-order valence-corrected chi connectivity index (χ1v) is 4.40. The van der Waals surface area contributed by atoms with Crippen molar-refractivity contribution in [3.8, 4) is 0 Å². The van der Waals surface area contributed by atoms with Crippen LogP contribution in [-0.2, 0) is 11.2 Å². The molecule has 0 radical (unpaired) electrons. The third-order valence-corrected chi connectivity index (χ3v) is 1.82. The van der Waals surface area contributed by atoms with Crippen LogP contribution in [-0.4, -0.2) is 34.8 Å². The van der Waals surface area contributed by atoms with E-state index in [4.69, 9.17) is 4.74 Å². The first kappa shape index (κ1) is 11.5. The standard InChI is InChI=1S/C9H12N2O4/c1-15-6-9(12)4-7-2-3-8(5-10-7)11(13)14/h2-3,5,9,12H,4,6H2,1H3. The monoisotopic (exact) mass is 212 g/mol. The maximum atomic E-state index is 10.3. The van der Waals surface area contributed by atoms with Crippen molar-refractivity contribution >= 4 is 5.69 Å². The number of aromatic nitrogens is 1. The zero-order valence-electron chi connectivity index (χ0n) is 8.29. The molecule has 1 aromatic rings. The number of hydrogen-bond acceptors (Lipinski definition) is 5. The van der Waals surface area contributed by atoms with Crippen LogP contribution in [0.2, 0.25) is 0 Å². The zero-order valence-corrected chi connectivity index (χ0v) is 8.29. The summed E-state index contributed by atoms with van der Waals surface area (Å²) in [4.78, 5) is 13.7. The Morgan fingerprint density at radius 1 is 1.67 bits per heavy atom. The van der Waals surface area contributed by atoms with Gasteiger partial charge in [0.25, 0.3) is 5.69 Å². The van der Waals surface area contributed by atoms with Crippen LogP contribution in [0.15, 0.2) is 18.3 Å². The van der Waals surface area contributed by atoms with E-state index in [1.165, 1.54) is 25.4 Å². The minimum Gasteiger partial charge on any atom is -0.390 e. The molecule has 0 spiro atoms. The van der Waals surface area contributed by atoms with Gasteiger partial charge < -0.3 is 9.84 Å². The van der Waals surface area contributed by atoms with Crippen LogP contribution in [0.1, 0.15) is 5.69 Å². The Kier molecular flexibility index (Phi) is 4.14. The molecule has 0 amide bonds. The largest absolute Gasteiger partial charge is 0.390 e. The maximum Gasteiger partial charge on any atom is 0.287 e. The normalized spacial score (nSPS) is 12.4. The van der Waals surface area contributed by atoms with Gasteiger partial charge in [0.1, 0.15) is 6.20 Å². The van der Waals surface area contributed by atoms with Gasteiger partial charge in [-0.15, -0.1) is 0 Å².